The van der Waals surface area contributed by atoms with Crippen LogP contribution >= 0.6 is 24.8 Å². The Bertz CT molecular complexity index is 666. The van der Waals surface area contributed by atoms with Crippen molar-refractivity contribution >= 4 is 36.4 Å². The van der Waals surface area contributed by atoms with Crippen molar-refractivity contribution in [3.05, 3.63) is 24.3 Å². The maximum absolute atomic E-state index is 13.1. The second-order valence-electron chi connectivity index (χ2n) is 7.82. The molecule has 1 aromatic carbocycles. The number of rotatable bonds is 5. The third kappa shape index (κ3) is 4.20. The number of piperazine rings is 1. The third-order valence-electron chi connectivity index (χ3n) is 6.20. The Morgan fingerprint density at radius 1 is 1.21 bits per heavy atom. The number of nitrogens with two attached hydrogens (primary N) is 1. The fraction of sp³-hybridized carbons (Fsp3) is 0.650. The van der Waals surface area contributed by atoms with Gasteiger partial charge in [-0.25, -0.2) is 0 Å². The molecule has 8 heteroatoms. The molecule has 3 rings (SSSR count). The van der Waals surface area contributed by atoms with Crippen LogP contribution in [0.25, 0.3) is 0 Å². The molecule has 2 atom stereocenters. The Morgan fingerprint density at radius 2 is 1.86 bits per heavy atom. The smallest absolute Gasteiger partial charge is 0.243 e. The number of nitrogens with zero attached hydrogens (tertiary/aromatic N) is 2. The Hall–Kier alpha value is -1.21. The minimum absolute atomic E-state index is 0. The van der Waals surface area contributed by atoms with Crippen molar-refractivity contribution in [3.8, 4) is 5.75 Å². The highest BCUT2D eigenvalue weighted by molar-refractivity contribution is 5.89. The van der Waals surface area contributed by atoms with Gasteiger partial charge in [0.05, 0.1) is 13.2 Å². The molecule has 1 aliphatic carbocycles. The molecule has 28 heavy (non-hydrogen) atoms. The molecule has 1 heterocycles. The quantitative estimate of drug-likeness (QED) is 0.772. The van der Waals surface area contributed by atoms with Crippen molar-refractivity contribution in [2.75, 3.05) is 44.8 Å². The van der Waals surface area contributed by atoms with Crippen LogP contribution < -0.4 is 15.4 Å². The molecule has 160 valence electrons. The zero-order valence-corrected chi connectivity index (χ0v) is 18.8. The maximum atomic E-state index is 13.1. The number of amides is 1. The van der Waals surface area contributed by atoms with Gasteiger partial charge in [0, 0.05) is 56.4 Å². The average Bonchev–Trinajstić information content (AvgIpc) is 2.67. The normalized spacial score (nSPS) is 25.8. The molecule has 1 aliphatic heterocycles. The van der Waals surface area contributed by atoms with Gasteiger partial charge in [-0.15, -0.1) is 24.8 Å². The summed E-state index contributed by atoms with van der Waals surface area (Å²) in [5.41, 5.74) is 6.51. The number of methoxy groups -OCH3 is 1. The fourth-order valence-corrected chi connectivity index (χ4v) is 4.06. The third-order valence-corrected chi connectivity index (χ3v) is 6.20. The second kappa shape index (κ2) is 9.53. The molecule has 0 aromatic heterocycles. The lowest BCUT2D eigenvalue weighted by atomic mass is 9.54. The predicted molar refractivity (Wildman–Crippen MR) is 117 cm³/mol. The van der Waals surface area contributed by atoms with Gasteiger partial charge in [0.25, 0.3) is 0 Å². The first-order valence-corrected chi connectivity index (χ1v) is 9.42. The zero-order chi connectivity index (χ0) is 18.9. The molecule has 1 saturated heterocycles. The maximum Gasteiger partial charge on any atom is 0.243 e. The first-order chi connectivity index (χ1) is 12.3. The van der Waals surface area contributed by atoms with E-state index in [1.54, 1.807) is 7.11 Å². The van der Waals surface area contributed by atoms with Crippen molar-refractivity contribution in [2.24, 2.45) is 11.1 Å². The molecular formula is C20H33Cl2N3O3. The van der Waals surface area contributed by atoms with Crippen LogP contribution in [0.4, 0.5) is 5.69 Å². The van der Waals surface area contributed by atoms with Crippen LogP contribution in [0.5, 0.6) is 5.75 Å². The van der Waals surface area contributed by atoms with E-state index < -0.39 is 5.54 Å². The molecule has 0 radical (unpaired) electrons. The van der Waals surface area contributed by atoms with Crippen molar-refractivity contribution < 1.29 is 14.3 Å². The number of benzene rings is 1. The van der Waals surface area contributed by atoms with Crippen molar-refractivity contribution in [1.82, 2.24) is 4.90 Å². The second-order valence-corrected chi connectivity index (χ2v) is 7.82. The molecule has 1 amide bonds. The molecule has 2 fully saturated rings. The topological polar surface area (TPSA) is 68.0 Å². The first-order valence-electron chi connectivity index (χ1n) is 9.42. The minimum Gasteiger partial charge on any atom is -0.497 e. The molecule has 1 saturated carbocycles. The van der Waals surface area contributed by atoms with Gasteiger partial charge in [0.1, 0.15) is 11.3 Å². The van der Waals surface area contributed by atoms with Gasteiger partial charge < -0.3 is 25.0 Å². The van der Waals surface area contributed by atoms with Gasteiger partial charge in [0.15, 0.2) is 0 Å². The molecular weight excluding hydrogens is 401 g/mol. The van der Waals surface area contributed by atoms with E-state index in [0.717, 1.165) is 24.5 Å². The summed E-state index contributed by atoms with van der Waals surface area (Å²) < 4.78 is 11.1. The van der Waals surface area contributed by atoms with Crippen LogP contribution in [0.1, 0.15) is 27.2 Å². The van der Waals surface area contributed by atoms with E-state index in [4.69, 9.17) is 15.2 Å². The van der Waals surface area contributed by atoms with Crippen LogP contribution in [0.15, 0.2) is 24.3 Å². The lowest BCUT2D eigenvalue weighted by Crippen LogP contribution is -2.76. The Balaban J connectivity index is 0.00000196. The van der Waals surface area contributed by atoms with Gasteiger partial charge in [-0.1, -0.05) is 19.9 Å². The average molecular weight is 434 g/mol. The predicted octanol–water partition coefficient (Wildman–Crippen LogP) is 2.72. The van der Waals surface area contributed by atoms with Crippen LogP contribution in [-0.2, 0) is 9.53 Å². The summed E-state index contributed by atoms with van der Waals surface area (Å²) in [7, 11) is 1.67. The largest absolute Gasteiger partial charge is 0.497 e. The van der Waals surface area contributed by atoms with Crippen molar-refractivity contribution in [3.63, 3.8) is 0 Å². The van der Waals surface area contributed by atoms with Gasteiger partial charge >= 0.3 is 0 Å². The van der Waals surface area contributed by atoms with Crippen LogP contribution in [-0.4, -0.2) is 62.3 Å². The molecule has 0 bridgehead atoms. The molecule has 6 nitrogen and oxygen atoms in total. The zero-order valence-electron chi connectivity index (χ0n) is 17.1. The van der Waals surface area contributed by atoms with E-state index in [-0.39, 0.29) is 42.2 Å². The number of ether oxygens (including phenoxy) is 2. The van der Waals surface area contributed by atoms with Crippen molar-refractivity contribution in [2.45, 2.75) is 38.8 Å². The summed E-state index contributed by atoms with van der Waals surface area (Å²) in [5.74, 6) is 0.906. The molecule has 0 spiro atoms. The van der Waals surface area contributed by atoms with Gasteiger partial charge in [-0.3, -0.25) is 4.79 Å². The highest BCUT2D eigenvalue weighted by atomic mass is 35.5. The van der Waals surface area contributed by atoms with Gasteiger partial charge in [-0.2, -0.15) is 0 Å². The van der Waals surface area contributed by atoms with Crippen LogP contribution in [0.2, 0.25) is 0 Å². The minimum atomic E-state index is -0.828. The first kappa shape index (κ1) is 24.8. The summed E-state index contributed by atoms with van der Waals surface area (Å²) >= 11 is 0. The monoisotopic (exact) mass is 433 g/mol. The number of halogens is 2. The summed E-state index contributed by atoms with van der Waals surface area (Å²) in [4.78, 5) is 17.3. The van der Waals surface area contributed by atoms with Crippen LogP contribution in [0, 0.1) is 5.41 Å². The standard InChI is InChI=1S/C20H31N3O3.2ClH/c1-5-26-17-14-20(21,19(17,2)3)18(24)23-11-9-22(10-12-23)15-7-6-8-16(13-15)25-4;;/h6-8,13,17H,5,9-12,14,21H2,1-4H3;2*1H. The molecule has 2 unspecified atom stereocenters. The number of hydrogen-bond acceptors (Lipinski definition) is 5. The van der Waals surface area contributed by atoms with Crippen LogP contribution in [0.3, 0.4) is 0 Å². The van der Waals surface area contributed by atoms with E-state index in [1.165, 1.54) is 0 Å². The number of carbonyl (C=O) groups is 1. The van der Waals surface area contributed by atoms with E-state index in [0.29, 0.717) is 26.1 Å². The van der Waals surface area contributed by atoms with E-state index >= 15 is 0 Å². The lowest BCUT2D eigenvalue weighted by Gasteiger charge is -2.59. The summed E-state index contributed by atoms with van der Waals surface area (Å²) in [6, 6.07) is 8.04. The molecule has 2 aliphatic rings. The summed E-state index contributed by atoms with van der Waals surface area (Å²) in [6.45, 7) is 9.68. The highest BCUT2D eigenvalue weighted by Gasteiger charge is 2.63. The number of anilines is 1. The van der Waals surface area contributed by atoms with E-state index in [9.17, 15) is 4.79 Å². The van der Waals surface area contributed by atoms with Crippen molar-refractivity contribution in [1.29, 1.82) is 0 Å². The number of carbonyl (C=O) groups excluding carboxylic acids is 1. The van der Waals surface area contributed by atoms with E-state index in [1.807, 2.05) is 43.9 Å². The summed E-state index contributed by atoms with van der Waals surface area (Å²) in [5, 5.41) is 0. The SMILES string of the molecule is CCOC1CC(N)(C(=O)N2CCN(c3cccc(OC)c3)CC2)C1(C)C.Cl.Cl. The van der Waals surface area contributed by atoms with Gasteiger partial charge in [0.2, 0.25) is 5.91 Å². The Morgan fingerprint density at radius 3 is 2.39 bits per heavy atom. The van der Waals surface area contributed by atoms with Gasteiger partial charge in [-0.05, 0) is 19.1 Å². The Kier molecular flexibility index (Phi) is 8.45. The number of hydrogen-bond donors (Lipinski definition) is 1. The lowest BCUT2D eigenvalue weighted by molar-refractivity contribution is -0.179. The molecule has 1 aromatic rings. The molecule has 2 N–H and O–H groups in total. The van der Waals surface area contributed by atoms with E-state index in [2.05, 4.69) is 11.0 Å². The fourth-order valence-electron chi connectivity index (χ4n) is 4.06. The highest BCUT2D eigenvalue weighted by Crippen LogP contribution is 2.50. The Labute approximate surface area is 180 Å². The summed E-state index contributed by atoms with van der Waals surface area (Å²) in [6.07, 6.45) is 0.655.